The molecule has 0 bridgehead atoms. The normalized spacial score (nSPS) is 35.7. The molecule has 1 aliphatic carbocycles. The highest BCUT2D eigenvalue weighted by atomic mass is 79.9. The van der Waals surface area contributed by atoms with Gasteiger partial charge in [0, 0.05) is 16.5 Å². The average Bonchev–Trinajstić information content (AvgIpc) is 2.74. The minimum atomic E-state index is -0.772. The Morgan fingerprint density at radius 1 is 1.43 bits per heavy atom. The van der Waals surface area contributed by atoms with Crippen LogP contribution in [0.3, 0.4) is 0 Å². The van der Waals surface area contributed by atoms with Crippen molar-refractivity contribution in [3.05, 3.63) is 40.6 Å². The molecule has 4 nitrogen and oxygen atoms in total. The van der Waals surface area contributed by atoms with E-state index in [-0.39, 0.29) is 11.5 Å². The van der Waals surface area contributed by atoms with Crippen molar-refractivity contribution < 1.29 is 9.53 Å². The third kappa shape index (κ3) is 2.28. The summed E-state index contributed by atoms with van der Waals surface area (Å²) in [7, 11) is 0. The van der Waals surface area contributed by atoms with E-state index in [0.29, 0.717) is 18.2 Å². The molecule has 3 atom stereocenters. The Balaban J connectivity index is 1.86. The van der Waals surface area contributed by atoms with Gasteiger partial charge in [0.05, 0.1) is 5.82 Å². The van der Waals surface area contributed by atoms with Crippen LogP contribution in [0, 0.1) is 5.92 Å². The summed E-state index contributed by atoms with van der Waals surface area (Å²) in [5, 5.41) is 6.19. The van der Waals surface area contributed by atoms with Crippen molar-refractivity contribution in [3.63, 3.8) is 0 Å². The highest BCUT2D eigenvalue weighted by Gasteiger charge is 2.57. The van der Waals surface area contributed by atoms with Gasteiger partial charge in [-0.25, -0.2) is 0 Å². The number of benzene rings is 1. The van der Waals surface area contributed by atoms with Crippen LogP contribution in [-0.2, 0) is 10.3 Å². The monoisotopic (exact) mass is 376 g/mol. The lowest BCUT2D eigenvalue weighted by Crippen LogP contribution is -2.56. The van der Waals surface area contributed by atoms with Crippen LogP contribution in [-0.4, -0.2) is 11.5 Å². The standard InChI is InChI=1S/C18H21BrN2O2/c1-11-4-3-7-17(9-11)10-18(16(22)20-12(2)21-18)14-8-13(19)5-6-15(14)23-17/h5-6,8,11,21H,2-4,7,9-10H2,1H3,(H,20,22). The highest BCUT2D eigenvalue weighted by Crippen LogP contribution is 2.51. The number of ether oxygens (including phenoxy) is 1. The summed E-state index contributed by atoms with van der Waals surface area (Å²) in [4.78, 5) is 12.8. The summed E-state index contributed by atoms with van der Waals surface area (Å²) in [5.41, 5.74) is -0.147. The Labute approximate surface area is 144 Å². The molecule has 1 aromatic carbocycles. The first-order valence-electron chi connectivity index (χ1n) is 8.20. The van der Waals surface area contributed by atoms with E-state index in [2.05, 4.69) is 40.1 Å². The number of carbonyl (C=O) groups excluding carboxylic acids is 1. The molecule has 1 saturated heterocycles. The van der Waals surface area contributed by atoms with Gasteiger partial charge in [0.2, 0.25) is 0 Å². The topological polar surface area (TPSA) is 50.4 Å². The molecule has 4 rings (SSSR count). The van der Waals surface area contributed by atoms with E-state index in [4.69, 9.17) is 4.74 Å². The summed E-state index contributed by atoms with van der Waals surface area (Å²) >= 11 is 3.52. The van der Waals surface area contributed by atoms with Crippen LogP contribution in [0.25, 0.3) is 0 Å². The fourth-order valence-corrected chi connectivity index (χ4v) is 4.90. The molecule has 0 aromatic heterocycles. The number of amides is 1. The Morgan fingerprint density at radius 2 is 2.26 bits per heavy atom. The molecule has 3 aliphatic rings. The molecular formula is C18H21BrN2O2. The zero-order chi connectivity index (χ0) is 16.2. The Bertz CT molecular complexity index is 704. The van der Waals surface area contributed by atoms with Crippen molar-refractivity contribution in [2.45, 2.75) is 50.2 Å². The molecular weight excluding hydrogens is 356 g/mol. The van der Waals surface area contributed by atoms with Crippen molar-refractivity contribution in [1.82, 2.24) is 10.6 Å². The minimum Gasteiger partial charge on any atom is -0.487 e. The van der Waals surface area contributed by atoms with Crippen molar-refractivity contribution in [2.75, 3.05) is 0 Å². The lowest BCUT2D eigenvalue weighted by molar-refractivity contribution is -0.129. The number of hydrogen-bond donors (Lipinski definition) is 2. The van der Waals surface area contributed by atoms with Crippen LogP contribution in [0.1, 0.15) is 44.6 Å². The summed E-state index contributed by atoms with van der Waals surface area (Å²) in [6.07, 6.45) is 5.02. The molecule has 2 fully saturated rings. The third-order valence-electron chi connectivity index (χ3n) is 5.38. The SMILES string of the molecule is C=C1NC(=O)C2(CC3(CCCC(C)C3)Oc3ccc(Br)cc32)N1. The molecule has 1 saturated carbocycles. The Kier molecular flexibility index (Phi) is 3.28. The van der Waals surface area contributed by atoms with Crippen LogP contribution >= 0.6 is 15.9 Å². The van der Waals surface area contributed by atoms with Gasteiger partial charge >= 0.3 is 0 Å². The van der Waals surface area contributed by atoms with Gasteiger partial charge in [-0.05, 0) is 43.4 Å². The number of nitrogens with one attached hydrogen (secondary N) is 2. The van der Waals surface area contributed by atoms with Gasteiger partial charge in [-0.3, -0.25) is 4.79 Å². The summed E-state index contributed by atoms with van der Waals surface area (Å²) < 4.78 is 7.43. The van der Waals surface area contributed by atoms with Crippen LogP contribution in [0.15, 0.2) is 35.1 Å². The highest BCUT2D eigenvalue weighted by molar-refractivity contribution is 9.10. The second-order valence-corrected chi connectivity index (χ2v) is 8.18. The van der Waals surface area contributed by atoms with Gasteiger partial charge in [-0.15, -0.1) is 0 Å². The number of hydrogen-bond acceptors (Lipinski definition) is 3. The molecule has 122 valence electrons. The molecule has 1 aromatic rings. The van der Waals surface area contributed by atoms with E-state index in [9.17, 15) is 4.79 Å². The molecule has 3 unspecified atom stereocenters. The van der Waals surface area contributed by atoms with E-state index in [1.807, 2.05) is 18.2 Å². The second kappa shape index (κ2) is 5.00. The Hall–Kier alpha value is -1.49. The van der Waals surface area contributed by atoms with Gasteiger partial charge in [0.1, 0.15) is 11.4 Å². The fraction of sp³-hybridized carbons (Fsp3) is 0.500. The van der Waals surface area contributed by atoms with Gasteiger partial charge in [-0.2, -0.15) is 0 Å². The van der Waals surface area contributed by atoms with E-state index in [1.165, 1.54) is 6.42 Å². The largest absolute Gasteiger partial charge is 0.487 e. The zero-order valence-electron chi connectivity index (χ0n) is 13.2. The number of halogens is 1. The summed E-state index contributed by atoms with van der Waals surface area (Å²) in [6.45, 7) is 6.18. The first-order chi connectivity index (χ1) is 10.9. The van der Waals surface area contributed by atoms with Gasteiger partial charge < -0.3 is 15.4 Å². The van der Waals surface area contributed by atoms with E-state index < -0.39 is 5.54 Å². The molecule has 1 amide bonds. The first-order valence-corrected chi connectivity index (χ1v) is 8.99. The van der Waals surface area contributed by atoms with Crippen molar-refractivity contribution in [3.8, 4) is 5.75 Å². The molecule has 0 radical (unpaired) electrons. The lowest BCUT2D eigenvalue weighted by atomic mass is 9.68. The molecule has 2 aliphatic heterocycles. The second-order valence-electron chi connectivity index (χ2n) is 7.27. The number of rotatable bonds is 0. The predicted molar refractivity (Wildman–Crippen MR) is 91.8 cm³/mol. The summed E-state index contributed by atoms with van der Waals surface area (Å²) in [6, 6.07) is 5.93. The maximum absolute atomic E-state index is 12.8. The van der Waals surface area contributed by atoms with Crippen molar-refractivity contribution >= 4 is 21.8 Å². The molecule has 23 heavy (non-hydrogen) atoms. The van der Waals surface area contributed by atoms with Crippen LogP contribution < -0.4 is 15.4 Å². The van der Waals surface area contributed by atoms with Crippen LogP contribution in [0.5, 0.6) is 5.75 Å². The van der Waals surface area contributed by atoms with Crippen LogP contribution in [0.4, 0.5) is 0 Å². The maximum atomic E-state index is 12.8. The first kappa shape index (κ1) is 15.1. The predicted octanol–water partition coefficient (Wildman–Crippen LogP) is 3.57. The number of carbonyl (C=O) groups is 1. The third-order valence-corrected chi connectivity index (χ3v) is 5.87. The maximum Gasteiger partial charge on any atom is 0.256 e. The molecule has 5 heteroatoms. The smallest absolute Gasteiger partial charge is 0.256 e. The number of fused-ring (bicyclic) bond motifs is 2. The molecule has 2 N–H and O–H groups in total. The van der Waals surface area contributed by atoms with Crippen molar-refractivity contribution in [2.24, 2.45) is 5.92 Å². The van der Waals surface area contributed by atoms with Crippen LogP contribution in [0.2, 0.25) is 0 Å². The fourth-order valence-electron chi connectivity index (χ4n) is 4.54. The summed E-state index contributed by atoms with van der Waals surface area (Å²) in [5.74, 6) is 1.97. The minimum absolute atomic E-state index is 0.0252. The Morgan fingerprint density at radius 3 is 2.96 bits per heavy atom. The van der Waals surface area contributed by atoms with Gasteiger partial charge in [-0.1, -0.05) is 35.9 Å². The van der Waals surface area contributed by atoms with Gasteiger partial charge in [0.15, 0.2) is 5.54 Å². The van der Waals surface area contributed by atoms with E-state index in [1.54, 1.807) is 0 Å². The van der Waals surface area contributed by atoms with Crippen molar-refractivity contribution in [1.29, 1.82) is 0 Å². The van der Waals surface area contributed by atoms with Gasteiger partial charge in [0.25, 0.3) is 5.91 Å². The van der Waals surface area contributed by atoms with E-state index >= 15 is 0 Å². The van der Waals surface area contributed by atoms with E-state index in [0.717, 1.165) is 35.0 Å². The lowest BCUT2D eigenvalue weighted by Gasteiger charge is -2.49. The zero-order valence-corrected chi connectivity index (χ0v) is 14.8. The molecule has 2 spiro atoms. The average molecular weight is 377 g/mol. The molecule has 2 heterocycles. The quantitative estimate of drug-likeness (QED) is 0.727.